The maximum absolute atomic E-state index is 4.48. The summed E-state index contributed by atoms with van der Waals surface area (Å²) in [6.07, 6.45) is 5.62. The molecule has 2 heterocycles. The molecular weight excluding hydrogens is 212 g/mol. The van der Waals surface area contributed by atoms with Gasteiger partial charge in [-0.1, -0.05) is 0 Å². The van der Waals surface area contributed by atoms with Gasteiger partial charge in [0.2, 0.25) is 0 Å². The molecule has 3 rings (SSSR count). The van der Waals surface area contributed by atoms with Crippen molar-refractivity contribution in [3.05, 3.63) is 0 Å². The standard InChI is InChI=1S/C13H24N4/c1-16-9-6-14-13(16)15-10-11-4-7-17(8-5-11)12-2-3-12/h11-12H,2-10H2,1H3,(H,14,15). The Morgan fingerprint density at radius 3 is 2.53 bits per heavy atom. The zero-order valence-electron chi connectivity index (χ0n) is 10.9. The van der Waals surface area contributed by atoms with Crippen molar-refractivity contribution in [2.24, 2.45) is 10.9 Å². The van der Waals surface area contributed by atoms with E-state index in [1.54, 1.807) is 0 Å². The molecule has 1 N–H and O–H groups in total. The average Bonchev–Trinajstić information content (AvgIpc) is 3.12. The first-order valence-electron chi connectivity index (χ1n) is 7.06. The predicted octanol–water partition coefficient (Wildman–Crippen LogP) is 0.752. The minimum atomic E-state index is 0.849. The van der Waals surface area contributed by atoms with E-state index in [4.69, 9.17) is 0 Å². The molecule has 0 bridgehead atoms. The zero-order valence-corrected chi connectivity index (χ0v) is 10.9. The van der Waals surface area contributed by atoms with Crippen molar-refractivity contribution in [2.45, 2.75) is 31.7 Å². The third kappa shape index (κ3) is 2.73. The fourth-order valence-electron chi connectivity index (χ4n) is 2.92. The summed E-state index contributed by atoms with van der Waals surface area (Å²) < 4.78 is 0. The topological polar surface area (TPSA) is 30.9 Å². The van der Waals surface area contributed by atoms with Gasteiger partial charge in [0, 0.05) is 26.2 Å². The normalized spacial score (nSPS) is 27.4. The predicted molar refractivity (Wildman–Crippen MR) is 70.3 cm³/mol. The number of likely N-dealkylation sites (N-methyl/N-ethyl adjacent to an activating group) is 1. The number of nitrogens with one attached hydrogen (secondary N) is 1. The summed E-state index contributed by atoms with van der Waals surface area (Å²) in [6.45, 7) is 5.78. The van der Waals surface area contributed by atoms with Crippen molar-refractivity contribution in [1.29, 1.82) is 0 Å². The number of guanidine groups is 1. The monoisotopic (exact) mass is 236 g/mol. The molecule has 2 aliphatic heterocycles. The molecule has 4 heteroatoms. The summed E-state index contributed by atoms with van der Waals surface area (Å²) in [4.78, 5) is 9.39. The van der Waals surface area contributed by atoms with E-state index in [-0.39, 0.29) is 0 Å². The Kier molecular flexibility index (Phi) is 3.23. The minimum Gasteiger partial charge on any atom is -0.356 e. The molecule has 0 aromatic heterocycles. The molecule has 3 aliphatic rings. The van der Waals surface area contributed by atoms with Gasteiger partial charge in [0.1, 0.15) is 0 Å². The van der Waals surface area contributed by atoms with Crippen LogP contribution >= 0.6 is 0 Å². The first-order valence-corrected chi connectivity index (χ1v) is 7.06. The summed E-state index contributed by atoms with van der Waals surface area (Å²) in [7, 11) is 2.12. The minimum absolute atomic E-state index is 0.849. The SMILES string of the molecule is CN1CCN=C1NCC1CCN(C2CC2)CC1. The van der Waals surface area contributed by atoms with E-state index in [1.807, 2.05) is 0 Å². The number of likely N-dealkylation sites (tertiary alicyclic amines) is 1. The smallest absolute Gasteiger partial charge is 0.193 e. The van der Waals surface area contributed by atoms with E-state index in [0.717, 1.165) is 37.6 Å². The zero-order chi connectivity index (χ0) is 11.7. The summed E-state index contributed by atoms with van der Waals surface area (Å²) in [5.41, 5.74) is 0. The molecule has 4 nitrogen and oxygen atoms in total. The van der Waals surface area contributed by atoms with Gasteiger partial charge >= 0.3 is 0 Å². The van der Waals surface area contributed by atoms with Crippen LogP contribution in [0.15, 0.2) is 4.99 Å². The van der Waals surface area contributed by atoms with Gasteiger partial charge in [-0.25, -0.2) is 0 Å². The lowest BCUT2D eigenvalue weighted by molar-refractivity contribution is 0.177. The Morgan fingerprint density at radius 1 is 1.18 bits per heavy atom. The van der Waals surface area contributed by atoms with Crippen LogP contribution in [0, 0.1) is 5.92 Å². The molecule has 0 spiro atoms. The molecule has 0 aromatic rings. The molecule has 17 heavy (non-hydrogen) atoms. The molecule has 1 saturated carbocycles. The second-order valence-corrected chi connectivity index (χ2v) is 5.72. The lowest BCUT2D eigenvalue weighted by Gasteiger charge is -2.32. The van der Waals surface area contributed by atoms with Crippen molar-refractivity contribution >= 4 is 5.96 Å². The molecule has 0 aromatic carbocycles. The highest BCUT2D eigenvalue weighted by atomic mass is 15.3. The van der Waals surface area contributed by atoms with Gasteiger partial charge in [-0.15, -0.1) is 0 Å². The summed E-state index contributed by atoms with van der Waals surface area (Å²) >= 11 is 0. The molecule has 1 saturated heterocycles. The van der Waals surface area contributed by atoms with Crippen molar-refractivity contribution < 1.29 is 0 Å². The molecule has 0 amide bonds. The van der Waals surface area contributed by atoms with Gasteiger partial charge in [0.15, 0.2) is 5.96 Å². The van der Waals surface area contributed by atoms with E-state index in [1.165, 1.54) is 38.8 Å². The van der Waals surface area contributed by atoms with Crippen molar-refractivity contribution in [2.75, 3.05) is 39.8 Å². The number of piperidine rings is 1. The van der Waals surface area contributed by atoms with Gasteiger partial charge < -0.3 is 15.1 Å². The van der Waals surface area contributed by atoms with Gasteiger partial charge in [0.05, 0.1) is 6.54 Å². The highest BCUT2D eigenvalue weighted by molar-refractivity contribution is 5.81. The number of hydrogen-bond acceptors (Lipinski definition) is 4. The van der Waals surface area contributed by atoms with Crippen LogP contribution in [0.5, 0.6) is 0 Å². The number of nitrogens with zero attached hydrogens (tertiary/aromatic N) is 3. The quantitative estimate of drug-likeness (QED) is 0.784. The van der Waals surface area contributed by atoms with Crippen molar-refractivity contribution in [1.82, 2.24) is 15.1 Å². The second-order valence-electron chi connectivity index (χ2n) is 5.72. The van der Waals surface area contributed by atoms with Crippen LogP contribution in [0.1, 0.15) is 25.7 Å². The van der Waals surface area contributed by atoms with Crippen LogP contribution in [-0.2, 0) is 0 Å². The molecule has 0 atom stereocenters. The first kappa shape index (κ1) is 11.3. The van der Waals surface area contributed by atoms with Gasteiger partial charge in [0.25, 0.3) is 0 Å². The van der Waals surface area contributed by atoms with Gasteiger partial charge in [-0.3, -0.25) is 4.99 Å². The third-order valence-corrected chi connectivity index (χ3v) is 4.32. The molecule has 96 valence electrons. The van der Waals surface area contributed by atoms with E-state index >= 15 is 0 Å². The largest absolute Gasteiger partial charge is 0.356 e. The van der Waals surface area contributed by atoms with E-state index in [0.29, 0.717) is 0 Å². The summed E-state index contributed by atoms with van der Waals surface area (Å²) in [5, 5.41) is 3.52. The van der Waals surface area contributed by atoms with Crippen molar-refractivity contribution in [3.63, 3.8) is 0 Å². The molecule has 2 fully saturated rings. The fraction of sp³-hybridized carbons (Fsp3) is 0.923. The Balaban J connectivity index is 1.38. The Labute approximate surface area is 104 Å². The number of aliphatic imine (C=N–C) groups is 1. The number of hydrogen-bond donors (Lipinski definition) is 1. The van der Waals surface area contributed by atoms with Crippen LogP contribution in [0.3, 0.4) is 0 Å². The third-order valence-electron chi connectivity index (χ3n) is 4.32. The van der Waals surface area contributed by atoms with E-state index < -0.39 is 0 Å². The molecule has 0 unspecified atom stereocenters. The average molecular weight is 236 g/mol. The molecule has 1 aliphatic carbocycles. The van der Waals surface area contributed by atoms with Crippen LogP contribution in [0.25, 0.3) is 0 Å². The van der Waals surface area contributed by atoms with Crippen LogP contribution in [0.2, 0.25) is 0 Å². The highest BCUT2D eigenvalue weighted by Gasteiger charge is 2.31. The fourth-order valence-corrected chi connectivity index (χ4v) is 2.92. The summed E-state index contributed by atoms with van der Waals surface area (Å²) in [6, 6.07) is 0.953. The summed E-state index contributed by atoms with van der Waals surface area (Å²) in [5.74, 6) is 1.95. The lowest BCUT2D eigenvalue weighted by Crippen LogP contribution is -2.42. The van der Waals surface area contributed by atoms with Crippen LogP contribution in [-0.4, -0.2) is 61.6 Å². The van der Waals surface area contributed by atoms with E-state index in [2.05, 4.69) is 27.2 Å². The molecule has 0 radical (unpaired) electrons. The Hall–Kier alpha value is -0.770. The van der Waals surface area contributed by atoms with Crippen LogP contribution < -0.4 is 5.32 Å². The van der Waals surface area contributed by atoms with E-state index in [9.17, 15) is 0 Å². The Bertz CT molecular complexity index is 290. The number of rotatable bonds is 3. The Morgan fingerprint density at radius 2 is 1.94 bits per heavy atom. The highest BCUT2D eigenvalue weighted by Crippen LogP contribution is 2.30. The first-order chi connectivity index (χ1) is 8.33. The molecular formula is C13H24N4. The maximum atomic E-state index is 4.48. The van der Waals surface area contributed by atoms with Gasteiger partial charge in [-0.05, 0) is 44.7 Å². The van der Waals surface area contributed by atoms with Gasteiger partial charge in [-0.2, -0.15) is 0 Å². The van der Waals surface area contributed by atoms with Crippen LogP contribution in [0.4, 0.5) is 0 Å². The van der Waals surface area contributed by atoms with Crippen molar-refractivity contribution in [3.8, 4) is 0 Å². The lowest BCUT2D eigenvalue weighted by atomic mass is 9.97. The maximum Gasteiger partial charge on any atom is 0.193 e. The second kappa shape index (κ2) is 4.84.